The molecule has 0 radical (unpaired) electrons. The summed E-state index contributed by atoms with van der Waals surface area (Å²) >= 11 is 0. The molecular weight excluding hydrogens is 372 g/mol. The average Bonchev–Trinajstić information content (AvgIpc) is 2.63. The van der Waals surface area contributed by atoms with Crippen LogP contribution in [0.25, 0.3) is 0 Å². The Balaban J connectivity index is 1.76. The highest BCUT2D eigenvalue weighted by molar-refractivity contribution is 5.95. The van der Waals surface area contributed by atoms with E-state index in [2.05, 4.69) is 15.4 Å². The largest absolute Gasteiger partial charge is 0.452 e. The lowest BCUT2D eigenvalue weighted by molar-refractivity contribution is -0.126. The number of amides is 2. The van der Waals surface area contributed by atoms with Gasteiger partial charge in [-0.1, -0.05) is 0 Å². The Morgan fingerprint density at radius 3 is 2.07 bits per heavy atom. The van der Waals surface area contributed by atoms with Crippen molar-refractivity contribution in [2.24, 2.45) is 0 Å². The van der Waals surface area contributed by atoms with E-state index in [1.54, 1.807) is 0 Å². The molecule has 0 saturated heterocycles. The van der Waals surface area contributed by atoms with Gasteiger partial charge in [-0.3, -0.25) is 9.59 Å². The second-order valence-corrected chi connectivity index (χ2v) is 5.16. The molecule has 0 aliphatic carbocycles. The third-order valence-electron chi connectivity index (χ3n) is 3.14. The van der Waals surface area contributed by atoms with Crippen LogP contribution in [0, 0.1) is 23.3 Å². The molecule has 2 N–H and O–H groups in total. The Bertz CT molecular complexity index is 889. The molecule has 0 fully saturated rings. The molecule has 0 aliphatic rings. The number of benzene rings is 2. The van der Waals surface area contributed by atoms with E-state index >= 15 is 0 Å². The molecule has 2 aromatic carbocycles. The number of esters is 1. The molecule has 2 aromatic rings. The molecule has 0 aliphatic heterocycles. The van der Waals surface area contributed by atoms with E-state index in [-0.39, 0.29) is 11.3 Å². The Labute approximate surface area is 150 Å². The van der Waals surface area contributed by atoms with E-state index in [1.165, 1.54) is 0 Å². The highest BCUT2D eigenvalue weighted by atomic mass is 19.2. The maximum absolute atomic E-state index is 13.0. The van der Waals surface area contributed by atoms with Gasteiger partial charge in [0.15, 0.2) is 29.9 Å². The lowest BCUT2D eigenvalue weighted by Gasteiger charge is -2.08. The van der Waals surface area contributed by atoms with Crippen LogP contribution in [-0.4, -0.2) is 30.9 Å². The molecule has 2 amide bonds. The van der Waals surface area contributed by atoms with Crippen LogP contribution in [0.3, 0.4) is 0 Å². The van der Waals surface area contributed by atoms with Crippen LogP contribution >= 0.6 is 0 Å². The van der Waals surface area contributed by atoms with Crippen LogP contribution in [0.5, 0.6) is 0 Å². The van der Waals surface area contributed by atoms with E-state index in [0.29, 0.717) is 6.07 Å². The van der Waals surface area contributed by atoms with Crippen LogP contribution in [0.15, 0.2) is 36.4 Å². The molecule has 142 valence electrons. The minimum Gasteiger partial charge on any atom is -0.452 e. The summed E-state index contributed by atoms with van der Waals surface area (Å²) < 4.78 is 56.2. The molecule has 6 nitrogen and oxygen atoms in total. The van der Waals surface area contributed by atoms with Crippen LogP contribution in [0.4, 0.5) is 23.2 Å². The van der Waals surface area contributed by atoms with Crippen molar-refractivity contribution in [1.82, 2.24) is 5.32 Å². The second kappa shape index (κ2) is 8.79. The van der Waals surface area contributed by atoms with E-state index in [0.717, 1.165) is 30.3 Å². The molecule has 0 spiro atoms. The molecule has 0 aromatic heterocycles. The number of nitrogens with one attached hydrogen (secondary N) is 2. The Hall–Kier alpha value is -3.43. The molecule has 0 saturated carbocycles. The predicted molar refractivity (Wildman–Crippen MR) is 84.6 cm³/mol. The van der Waals surface area contributed by atoms with Crippen molar-refractivity contribution < 1.29 is 36.7 Å². The maximum Gasteiger partial charge on any atom is 0.338 e. The van der Waals surface area contributed by atoms with Gasteiger partial charge in [0.25, 0.3) is 5.91 Å². The third kappa shape index (κ3) is 5.80. The van der Waals surface area contributed by atoms with E-state index < -0.39 is 54.2 Å². The van der Waals surface area contributed by atoms with Crippen LogP contribution in [-0.2, 0) is 14.3 Å². The quantitative estimate of drug-likeness (QED) is 0.591. The number of hydrogen-bond donors (Lipinski definition) is 2. The number of ether oxygens (including phenoxy) is 1. The Morgan fingerprint density at radius 1 is 0.815 bits per heavy atom. The summed E-state index contributed by atoms with van der Waals surface area (Å²) in [4.78, 5) is 34.8. The van der Waals surface area contributed by atoms with E-state index in [1.807, 2.05) is 0 Å². The normalized spacial score (nSPS) is 10.2. The van der Waals surface area contributed by atoms with Gasteiger partial charge in [0.05, 0.1) is 12.1 Å². The highest BCUT2D eigenvalue weighted by Crippen LogP contribution is 2.13. The summed E-state index contributed by atoms with van der Waals surface area (Å²) in [6.45, 7) is -1.29. The van der Waals surface area contributed by atoms with Crippen molar-refractivity contribution in [1.29, 1.82) is 0 Å². The van der Waals surface area contributed by atoms with Gasteiger partial charge >= 0.3 is 5.97 Å². The Morgan fingerprint density at radius 2 is 1.44 bits per heavy atom. The average molecular weight is 384 g/mol. The minimum atomic E-state index is -1.25. The summed E-state index contributed by atoms with van der Waals surface area (Å²) in [5.74, 6) is -7.26. The molecule has 2 rings (SSSR count). The van der Waals surface area contributed by atoms with Gasteiger partial charge in [-0.25, -0.2) is 22.4 Å². The summed E-state index contributed by atoms with van der Waals surface area (Å²) in [5.41, 5.74) is -0.310. The summed E-state index contributed by atoms with van der Waals surface area (Å²) in [6.07, 6.45) is 0. The van der Waals surface area contributed by atoms with Crippen molar-refractivity contribution in [2.45, 2.75) is 0 Å². The van der Waals surface area contributed by atoms with Crippen molar-refractivity contribution >= 4 is 23.5 Å². The fourth-order valence-electron chi connectivity index (χ4n) is 1.85. The van der Waals surface area contributed by atoms with E-state index in [4.69, 9.17) is 0 Å². The van der Waals surface area contributed by atoms with Crippen LogP contribution in [0.2, 0.25) is 0 Å². The summed E-state index contributed by atoms with van der Waals surface area (Å²) in [6, 6.07) is 5.04. The SMILES string of the molecule is O=C(COC(=O)c1ccc(F)c(F)c1)NCC(=O)Nc1ccc(F)c(F)c1. The van der Waals surface area contributed by atoms with Crippen molar-refractivity contribution in [3.8, 4) is 0 Å². The van der Waals surface area contributed by atoms with Crippen molar-refractivity contribution in [3.05, 3.63) is 65.2 Å². The summed E-state index contributed by atoms with van der Waals surface area (Å²) in [5, 5.41) is 4.35. The molecule has 0 atom stereocenters. The lowest BCUT2D eigenvalue weighted by Crippen LogP contribution is -2.35. The smallest absolute Gasteiger partial charge is 0.338 e. The van der Waals surface area contributed by atoms with Gasteiger partial charge in [-0.15, -0.1) is 0 Å². The number of carbonyl (C=O) groups is 3. The first-order chi connectivity index (χ1) is 12.8. The summed E-state index contributed by atoms with van der Waals surface area (Å²) in [7, 11) is 0. The maximum atomic E-state index is 13.0. The van der Waals surface area contributed by atoms with Gasteiger partial charge in [0, 0.05) is 11.8 Å². The van der Waals surface area contributed by atoms with Gasteiger partial charge in [-0.2, -0.15) is 0 Å². The third-order valence-corrected chi connectivity index (χ3v) is 3.14. The molecular formula is C17H12F4N2O4. The number of halogens is 4. The molecule has 27 heavy (non-hydrogen) atoms. The number of rotatable bonds is 6. The first-order valence-corrected chi connectivity index (χ1v) is 7.40. The van der Waals surface area contributed by atoms with Crippen LogP contribution < -0.4 is 10.6 Å². The van der Waals surface area contributed by atoms with Gasteiger partial charge < -0.3 is 15.4 Å². The second-order valence-electron chi connectivity index (χ2n) is 5.16. The van der Waals surface area contributed by atoms with Crippen molar-refractivity contribution in [3.63, 3.8) is 0 Å². The van der Waals surface area contributed by atoms with Crippen LogP contribution in [0.1, 0.15) is 10.4 Å². The zero-order valence-electron chi connectivity index (χ0n) is 13.5. The zero-order chi connectivity index (χ0) is 20.0. The predicted octanol–water partition coefficient (Wildman–Crippen LogP) is 2.15. The van der Waals surface area contributed by atoms with Crippen molar-refractivity contribution in [2.75, 3.05) is 18.5 Å². The first-order valence-electron chi connectivity index (χ1n) is 7.40. The standard InChI is InChI=1S/C17H12F4N2O4/c18-11-3-1-9(5-13(11)20)17(26)27-8-16(25)22-7-15(24)23-10-2-4-12(19)14(21)6-10/h1-6H,7-8H2,(H,22,25)(H,23,24). The zero-order valence-corrected chi connectivity index (χ0v) is 13.5. The number of hydrogen-bond acceptors (Lipinski definition) is 4. The molecule has 0 bridgehead atoms. The van der Waals surface area contributed by atoms with E-state index in [9.17, 15) is 31.9 Å². The van der Waals surface area contributed by atoms with Gasteiger partial charge in [-0.05, 0) is 30.3 Å². The highest BCUT2D eigenvalue weighted by Gasteiger charge is 2.14. The number of anilines is 1. The minimum absolute atomic E-state index is 0.0158. The Kier molecular flexibility index (Phi) is 6.47. The fraction of sp³-hybridized carbons (Fsp3) is 0.118. The first kappa shape index (κ1) is 19.9. The van der Waals surface area contributed by atoms with Gasteiger partial charge in [0.2, 0.25) is 5.91 Å². The topological polar surface area (TPSA) is 84.5 Å². The molecule has 0 unspecified atom stereocenters. The molecule has 0 heterocycles. The lowest BCUT2D eigenvalue weighted by atomic mass is 10.2. The monoisotopic (exact) mass is 384 g/mol. The number of carbonyl (C=O) groups excluding carboxylic acids is 3. The van der Waals surface area contributed by atoms with Gasteiger partial charge in [0.1, 0.15) is 0 Å². The molecule has 10 heteroatoms. The fourth-order valence-corrected chi connectivity index (χ4v) is 1.85.